The lowest BCUT2D eigenvalue weighted by atomic mass is 9.99. The van der Waals surface area contributed by atoms with Gasteiger partial charge in [0.2, 0.25) is 5.91 Å². The zero-order valence-corrected chi connectivity index (χ0v) is 40.1. The highest BCUT2D eigenvalue weighted by molar-refractivity contribution is 5.76. The summed E-state index contributed by atoms with van der Waals surface area (Å²) in [4.78, 5) is 13.0. The molecule has 1 saturated heterocycles. The molecule has 1 heterocycles. The van der Waals surface area contributed by atoms with Gasteiger partial charge in [0.05, 0.1) is 25.4 Å². The van der Waals surface area contributed by atoms with Gasteiger partial charge in [-0.2, -0.15) is 0 Å². The molecule has 0 bridgehead atoms. The minimum atomic E-state index is -1.58. The molecule has 0 saturated carbocycles. The maximum absolute atomic E-state index is 13.0. The van der Waals surface area contributed by atoms with Gasteiger partial charge in [-0.15, -0.1) is 0 Å². The third kappa shape index (κ3) is 33.7. The molecular weight excluding hydrogens is 791 g/mol. The minimum Gasteiger partial charge on any atom is -0.394 e. The van der Waals surface area contributed by atoms with Crippen LogP contribution in [-0.4, -0.2) is 87.5 Å². The number of hydrogen-bond donors (Lipinski definition) is 6. The average molecular weight is 886 g/mol. The molecule has 1 aliphatic rings. The standard InChI is InChI=1S/C54H95NO8/c1-3-5-7-9-11-13-15-17-19-20-21-22-23-24-25-26-27-28-30-31-33-35-37-39-41-43-48(57)47(46-62-54-53(61)52(60)51(59)49(45-56)63-54)55-50(58)44-42-40-38-36-34-32-29-18-16-14-12-10-8-6-4-2/h6,8,12,14,18,29,33-36,41,43,47-49,51-54,56-57,59-61H,3-5,7,9-11,13,15-17,19-28,30-32,37-40,42,44-46H2,1-2H3,(H,55,58)/b8-6-,14-12-,29-18-,35-33+,36-34-,43-41+. The number of carbonyl (C=O) groups excluding carboxylic acids is 1. The number of nitrogens with one attached hydrogen (secondary N) is 1. The maximum Gasteiger partial charge on any atom is 0.220 e. The van der Waals surface area contributed by atoms with E-state index in [1.54, 1.807) is 6.08 Å². The third-order valence-electron chi connectivity index (χ3n) is 11.8. The highest BCUT2D eigenvalue weighted by Gasteiger charge is 2.44. The number of aliphatic hydroxyl groups is 5. The van der Waals surface area contributed by atoms with E-state index in [4.69, 9.17) is 9.47 Å². The van der Waals surface area contributed by atoms with Gasteiger partial charge in [0.25, 0.3) is 0 Å². The van der Waals surface area contributed by atoms with Crippen molar-refractivity contribution >= 4 is 5.91 Å². The van der Waals surface area contributed by atoms with Gasteiger partial charge < -0.3 is 40.3 Å². The van der Waals surface area contributed by atoms with Crippen molar-refractivity contribution in [1.82, 2.24) is 5.32 Å². The van der Waals surface area contributed by atoms with Crippen LogP contribution < -0.4 is 5.32 Å². The lowest BCUT2D eigenvalue weighted by molar-refractivity contribution is -0.302. The van der Waals surface area contributed by atoms with Gasteiger partial charge in [-0.05, 0) is 70.6 Å². The van der Waals surface area contributed by atoms with Crippen LogP contribution in [0.15, 0.2) is 72.9 Å². The molecule has 6 N–H and O–H groups in total. The van der Waals surface area contributed by atoms with Crippen molar-refractivity contribution in [2.45, 2.75) is 249 Å². The summed E-state index contributed by atoms with van der Waals surface area (Å²) < 4.78 is 11.2. The van der Waals surface area contributed by atoms with Crippen LogP contribution >= 0.6 is 0 Å². The van der Waals surface area contributed by atoms with Gasteiger partial charge >= 0.3 is 0 Å². The summed E-state index contributed by atoms with van der Waals surface area (Å²) >= 11 is 0. The molecule has 0 radical (unpaired) electrons. The monoisotopic (exact) mass is 886 g/mol. The fourth-order valence-corrected chi connectivity index (χ4v) is 7.69. The number of amides is 1. The molecule has 0 aromatic rings. The second-order valence-electron chi connectivity index (χ2n) is 17.6. The van der Waals surface area contributed by atoms with Gasteiger partial charge in [0.1, 0.15) is 24.4 Å². The first-order valence-corrected chi connectivity index (χ1v) is 25.7. The second-order valence-corrected chi connectivity index (χ2v) is 17.6. The molecule has 0 aromatic heterocycles. The lowest BCUT2D eigenvalue weighted by Crippen LogP contribution is -2.60. The summed E-state index contributed by atoms with van der Waals surface area (Å²) in [6.07, 6.45) is 52.6. The van der Waals surface area contributed by atoms with Crippen molar-refractivity contribution < 1.29 is 39.8 Å². The topological polar surface area (TPSA) is 149 Å². The van der Waals surface area contributed by atoms with E-state index in [1.165, 1.54) is 122 Å². The lowest BCUT2D eigenvalue weighted by Gasteiger charge is -2.40. The van der Waals surface area contributed by atoms with Crippen LogP contribution in [0.2, 0.25) is 0 Å². The molecule has 1 aliphatic heterocycles. The number of allylic oxidation sites excluding steroid dienone is 11. The molecule has 7 atom stereocenters. The normalized spacial score (nSPS) is 20.8. The summed E-state index contributed by atoms with van der Waals surface area (Å²) in [5.41, 5.74) is 0. The Morgan fingerprint density at radius 1 is 0.556 bits per heavy atom. The van der Waals surface area contributed by atoms with Crippen LogP contribution in [-0.2, 0) is 14.3 Å². The quantitative estimate of drug-likeness (QED) is 0.0262. The SMILES string of the molecule is CC/C=C\C/C=C\C/C=C\C/C=C\CCCCC(=O)NC(COC1OC(CO)C(O)C(O)C1O)C(O)/C=C/CC/C=C/CCCCCCCCCCCCCCCCCCCCC. The van der Waals surface area contributed by atoms with E-state index >= 15 is 0 Å². The predicted molar refractivity (Wildman–Crippen MR) is 262 cm³/mol. The Morgan fingerprint density at radius 3 is 1.52 bits per heavy atom. The molecule has 9 heteroatoms. The highest BCUT2D eigenvalue weighted by atomic mass is 16.7. The Bertz CT molecular complexity index is 1210. The summed E-state index contributed by atoms with van der Waals surface area (Å²) in [6, 6.07) is -0.847. The molecule has 0 spiro atoms. The van der Waals surface area contributed by atoms with Crippen molar-refractivity contribution in [2.75, 3.05) is 13.2 Å². The molecule has 1 rings (SSSR count). The average Bonchev–Trinajstić information content (AvgIpc) is 3.28. The Hall–Kier alpha value is -2.37. The molecule has 1 fully saturated rings. The summed E-state index contributed by atoms with van der Waals surface area (Å²) in [5, 5.41) is 54.3. The summed E-state index contributed by atoms with van der Waals surface area (Å²) in [7, 11) is 0. The van der Waals surface area contributed by atoms with Crippen LogP contribution in [0, 0.1) is 0 Å². The number of aliphatic hydroxyl groups excluding tert-OH is 5. The fourth-order valence-electron chi connectivity index (χ4n) is 7.69. The number of carbonyl (C=O) groups is 1. The minimum absolute atomic E-state index is 0.221. The molecule has 0 aromatic carbocycles. The van der Waals surface area contributed by atoms with Crippen LogP contribution in [0.4, 0.5) is 0 Å². The van der Waals surface area contributed by atoms with E-state index in [1.807, 2.05) is 6.08 Å². The van der Waals surface area contributed by atoms with Crippen molar-refractivity contribution in [3.05, 3.63) is 72.9 Å². The smallest absolute Gasteiger partial charge is 0.220 e. The molecule has 364 valence electrons. The predicted octanol–water partition coefficient (Wildman–Crippen LogP) is 11.7. The number of unbranched alkanes of at least 4 members (excludes halogenated alkanes) is 22. The highest BCUT2D eigenvalue weighted by Crippen LogP contribution is 2.22. The zero-order valence-electron chi connectivity index (χ0n) is 40.1. The van der Waals surface area contributed by atoms with Crippen molar-refractivity contribution in [2.24, 2.45) is 0 Å². The van der Waals surface area contributed by atoms with Crippen molar-refractivity contribution in [3.63, 3.8) is 0 Å². The van der Waals surface area contributed by atoms with Crippen LogP contribution in [0.5, 0.6) is 0 Å². The van der Waals surface area contributed by atoms with Crippen LogP contribution in [0.3, 0.4) is 0 Å². The Kier molecular flexibility index (Phi) is 40.5. The van der Waals surface area contributed by atoms with Crippen LogP contribution in [0.25, 0.3) is 0 Å². The number of hydrogen-bond acceptors (Lipinski definition) is 8. The van der Waals surface area contributed by atoms with E-state index in [-0.39, 0.29) is 18.9 Å². The van der Waals surface area contributed by atoms with Gasteiger partial charge in [-0.1, -0.05) is 202 Å². The molecule has 0 aliphatic carbocycles. The fraction of sp³-hybridized carbons (Fsp3) is 0.759. The molecule has 9 nitrogen and oxygen atoms in total. The Labute approximate surface area is 385 Å². The maximum atomic E-state index is 13.0. The van der Waals surface area contributed by atoms with Gasteiger partial charge in [-0.25, -0.2) is 0 Å². The van der Waals surface area contributed by atoms with E-state index in [2.05, 4.69) is 79.9 Å². The number of ether oxygens (including phenoxy) is 2. The van der Waals surface area contributed by atoms with E-state index < -0.39 is 49.5 Å². The zero-order chi connectivity index (χ0) is 45.9. The van der Waals surface area contributed by atoms with Gasteiger partial charge in [-0.3, -0.25) is 4.79 Å². The second kappa shape index (κ2) is 43.5. The van der Waals surface area contributed by atoms with Gasteiger partial charge in [0, 0.05) is 6.42 Å². The molecule has 1 amide bonds. The molecule has 7 unspecified atom stereocenters. The molecule has 63 heavy (non-hydrogen) atoms. The number of rotatable bonds is 42. The van der Waals surface area contributed by atoms with Gasteiger partial charge in [0.15, 0.2) is 6.29 Å². The summed E-state index contributed by atoms with van der Waals surface area (Å²) in [6.45, 7) is 3.62. The van der Waals surface area contributed by atoms with Crippen molar-refractivity contribution in [1.29, 1.82) is 0 Å². The van der Waals surface area contributed by atoms with Crippen molar-refractivity contribution in [3.8, 4) is 0 Å². The third-order valence-corrected chi connectivity index (χ3v) is 11.8. The Balaban J connectivity index is 2.32. The van der Waals surface area contributed by atoms with E-state index in [0.717, 1.165) is 57.8 Å². The first kappa shape index (κ1) is 58.6. The largest absolute Gasteiger partial charge is 0.394 e. The Morgan fingerprint density at radius 2 is 1.00 bits per heavy atom. The van der Waals surface area contributed by atoms with E-state index in [9.17, 15) is 30.3 Å². The van der Waals surface area contributed by atoms with Crippen LogP contribution in [0.1, 0.15) is 206 Å². The first-order valence-electron chi connectivity index (χ1n) is 25.7. The summed E-state index contributed by atoms with van der Waals surface area (Å²) in [5.74, 6) is -0.229. The molecular formula is C54H95NO8. The van der Waals surface area contributed by atoms with E-state index in [0.29, 0.717) is 6.42 Å². The first-order chi connectivity index (χ1) is 30.8.